The van der Waals surface area contributed by atoms with Crippen molar-refractivity contribution in [3.05, 3.63) is 5.56 Å². The van der Waals surface area contributed by atoms with E-state index >= 15 is 0 Å². The van der Waals surface area contributed by atoms with Crippen LogP contribution < -0.4 is 33.0 Å². The van der Waals surface area contributed by atoms with Crippen molar-refractivity contribution in [3.63, 3.8) is 0 Å². The Morgan fingerprint density at radius 2 is 1.67 bits per heavy atom. The predicted molar refractivity (Wildman–Crippen MR) is 92.4 cm³/mol. The van der Waals surface area contributed by atoms with Crippen molar-refractivity contribution >= 4 is 89.9 Å². The van der Waals surface area contributed by atoms with Gasteiger partial charge in [0.15, 0.2) is 5.78 Å². The molecular formula is C12H8B6ClNO. The lowest BCUT2D eigenvalue weighted by Gasteiger charge is -2.46. The molecule has 10 radical (unpaired) electrons. The molecule has 2 unspecified atom stereocenters. The molecule has 2 atom stereocenters. The topological polar surface area (TPSA) is 43.1 Å². The summed E-state index contributed by atoms with van der Waals surface area (Å²) < 4.78 is 0. The molecule has 0 amide bonds. The second-order valence-corrected chi connectivity index (χ2v) is 6.37. The third kappa shape index (κ3) is 1.59. The van der Waals surface area contributed by atoms with Crippen molar-refractivity contribution in [2.24, 2.45) is 5.73 Å². The maximum atomic E-state index is 12.5. The average molecular weight is 283 g/mol. The summed E-state index contributed by atoms with van der Waals surface area (Å²) in [6.07, 6.45) is 0.696. The molecule has 1 heterocycles. The van der Waals surface area contributed by atoms with E-state index in [0.29, 0.717) is 30.3 Å². The number of fused-ring (bicyclic) bond motifs is 3. The van der Waals surface area contributed by atoms with Crippen LogP contribution in [0.15, 0.2) is 0 Å². The van der Waals surface area contributed by atoms with Gasteiger partial charge in [-0.1, -0.05) is 17.3 Å². The van der Waals surface area contributed by atoms with Crippen molar-refractivity contribution in [1.82, 2.24) is 0 Å². The minimum absolute atomic E-state index is 0.113. The number of halogens is 1. The molecule has 1 fully saturated rings. The second-order valence-electron chi connectivity index (χ2n) is 5.93. The van der Waals surface area contributed by atoms with Gasteiger partial charge in [-0.2, -0.15) is 11.5 Å². The first-order valence-electron chi connectivity index (χ1n) is 6.69. The van der Waals surface area contributed by atoms with E-state index in [4.69, 9.17) is 56.4 Å². The zero-order chi connectivity index (χ0) is 15.7. The van der Waals surface area contributed by atoms with Gasteiger partial charge in [0.25, 0.3) is 6.13 Å². The fourth-order valence-corrected chi connectivity index (χ4v) is 4.20. The van der Waals surface area contributed by atoms with Crippen LogP contribution in [0.5, 0.6) is 0 Å². The Morgan fingerprint density at radius 3 is 2.29 bits per heavy atom. The lowest BCUT2D eigenvalue weighted by atomic mass is 9.34. The highest BCUT2D eigenvalue weighted by atomic mass is 35.5. The van der Waals surface area contributed by atoms with Crippen LogP contribution in [0.4, 0.5) is 0 Å². The summed E-state index contributed by atoms with van der Waals surface area (Å²) >= 11 is 6.52. The van der Waals surface area contributed by atoms with E-state index in [9.17, 15) is 4.79 Å². The molecule has 0 bridgehead atoms. The lowest BCUT2D eigenvalue weighted by Crippen LogP contribution is -2.61. The molecule has 1 aromatic rings. The molecular weight excluding hydrogens is 274 g/mol. The normalized spacial score (nSPS) is 31.1. The first kappa shape index (κ1) is 15.4. The molecule has 3 rings (SSSR count). The Hall–Kier alpha value is -0.470. The maximum absolute atomic E-state index is 12.5. The first-order valence-corrected chi connectivity index (χ1v) is 7.13. The van der Waals surface area contributed by atoms with Gasteiger partial charge in [0.1, 0.15) is 31.4 Å². The number of carbonyl (C=O) groups excluding carboxylic acids is 1. The molecule has 2 nitrogen and oxygen atoms in total. The fourth-order valence-electron chi connectivity index (χ4n) is 3.69. The first-order chi connectivity index (χ1) is 9.68. The van der Waals surface area contributed by atoms with Gasteiger partial charge in [0, 0.05) is 6.42 Å². The summed E-state index contributed by atoms with van der Waals surface area (Å²) in [5, 5.41) is -1.14. The molecule has 1 aliphatic heterocycles. The summed E-state index contributed by atoms with van der Waals surface area (Å²) in [6, 6.07) is 0. The van der Waals surface area contributed by atoms with E-state index < -0.39 is 16.9 Å². The van der Waals surface area contributed by atoms with Crippen LogP contribution in [0.2, 0.25) is 5.21 Å². The van der Waals surface area contributed by atoms with Crippen molar-refractivity contribution in [2.75, 3.05) is 0 Å². The van der Waals surface area contributed by atoms with Crippen LogP contribution in [-0.2, 0) is 10.3 Å². The molecule has 0 saturated heterocycles. The highest BCUT2D eigenvalue weighted by molar-refractivity contribution is 7.20. The summed E-state index contributed by atoms with van der Waals surface area (Å²) in [5.41, 5.74) is 6.36. The summed E-state index contributed by atoms with van der Waals surface area (Å²) in [7, 11) is 30.3. The van der Waals surface area contributed by atoms with Crippen LogP contribution in [0.1, 0.15) is 24.8 Å². The van der Waals surface area contributed by atoms with E-state index in [-0.39, 0.29) is 27.6 Å². The number of ketones is 1. The molecule has 2 N–H and O–H groups in total. The van der Waals surface area contributed by atoms with E-state index in [1.807, 2.05) is 0 Å². The van der Waals surface area contributed by atoms with Crippen LogP contribution in [0.3, 0.4) is 0 Å². The second kappa shape index (κ2) is 4.52. The van der Waals surface area contributed by atoms with E-state index in [0.717, 1.165) is 0 Å². The van der Waals surface area contributed by atoms with Crippen LogP contribution in [0.25, 0.3) is 0 Å². The average Bonchev–Trinajstić information content (AvgIpc) is 2.63. The molecule has 1 aromatic carbocycles. The number of hydrogen-bond donors (Lipinski definition) is 1. The molecule has 0 aromatic heterocycles. The van der Waals surface area contributed by atoms with E-state index in [1.54, 1.807) is 0 Å². The molecule has 9 heteroatoms. The van der Waals surface area contributed by atoms with E-state index in [2.05, 4.69) is 0 Å². The third-order valence-electron chi connectivity index (χ3n) is 4.97. The zero-order valence-corrected chi connectivity index (χ0v) is 12.2. The standard InChI is InChI=1S/C12H8B6ClNO/c13-6-5-10(9(16)8(15)7(6)14)18(19)11(17)3-1-2-4(21)12(5,11)20/h1-3,20H2. The molecule has 2 aliphatic rings. The van der Waals surface area contributed by atoms with Crippen molar-refractivity contribution in [2.45, 2.75) is 30.0 Å². The summed E-state index contributed by atoms with van der Waals surface area (Å²) in [6.45, 7) is 0. The Morgan fingerprint density at radius 1 is 1.10 bits per heavy atom. The largest absolute Gasteiger partial charge is 0.316 e. The number of hydrogen-bond acceptors (Lipinski definition) is 2. The molecule has 92 valence electrons. The minimum atomic E-state index is -1.48. The van der Waals surface area contributed by atoms with Gasteiger partial charge in [-0.05, 0) is 17.2 Å². The minimum Gasteiger partial charge on any atom is -0.316 e. The number of rotatable bonds is 0. The monoisotopic (exact) mass is 283 g/mol. The molecule has 1 saturated carbocycles. The van der Waals surface area contributed by atoms with Gasteiger partial charge in [-0.25, -0.2) is 0 Å². The quantitative estimate of drug-likeness (QED) is 0.494. The lowest BCUT2D eigenvalue weighted by molar-refractivity contribution is -0.126. The summed E-state index contributed by atoms with van der Waals surface area (Å²) in [4.78, 5) is 12.5. The SMILES string of the molecule is [B]c1c([B])c([B])c2c(c1[B])B(Cl)C1([B])CCCC(=O)C21N. The Labute approximate surface area is 136 Å². The Balaban J connectivity index is 2.45. The predicted octanol–water partition coefficient (Wildman–Crippen LogP) is -3.91. The molecule has 1 aliphatic carbocycles. The van der Waals surface area contributed by atoms with Gasteiger partial charge >= 0.3 is 0 Å². The number of Topliss-reactive ketones (excluding diaryl/α,β-unsaturated/α-hetero) is 1. The molecule has 0 spiro atoms. The number of carbonyl (C=O) groups is 1. The number of benzene rings is 1. The zero-order valence-electron chi connectivity index (χ0n) is 11.4. The third-order valence-corrected chi connectivity index (χ3v) is 5.58. The smallest absolute Gasteiger partial charge is 0.283 e. The van der Waals surface area contributed by atoms with Crippen LogP contribution in [0, 0.1) is 0 Å². The van der Waals surface area contributed by atoms with Crippen molar-refractivity contribution in [3.8, 4) is 0 Å². The van der Waals surface area contributed by atoms with Crippen LogP contribution >= 0.6 is 11.5 Å². The van der Waals surface area contributed by atoms with E-state index in [1.165, 1.54) is 0 Å². The van der Waals surface area contributed by atoms with Crippen molar-refractivity contribution in [1.29, 1.82) is 0 Å². The van der Waals surface area contributed by atoms with Gasteiger partial charge in [0.2, 0.25) is 0 Å². The Kier molecular flexibility index (Phi) is 3.32. The maximum Gasteiger partial charge on any atom is 0.283 e. The highest BCUT2D eigenvalue weighted by Gasteiger charge is 2.64. The van der Waals surface area contributed by atoms with Crippen LogP contribution in [-0.4, -0.2) is 51.1 Å². The molecule has 21 heavy (non-hydrogen) atoms. The van der Waals surface area contributed by atoms with Gasteiger partial charge < -0.3 is 5.73 Å². The van der Waals surface area contributed by atoms with Gasteiger partial charge in [0.05, 0.1) is 13.4 Å². The van der Waals surface area contributed by atoms with Gasteiger partial charge in [-0.3, -0.25) is 4.79 Å². The fraction of sp³-hybridized carbons (Fsp3) is 0.417. The highest BCUT2D eigenvalue weighted by Crippen LogP contribution is 2.55. The van der Waals surface area contributed by atoms with Crippen molar-refractivity contribution < 1.29 is 4.79 Å². The Bertz CT molecular complexity index is 682. The summed E-state index contributed by atoms with van der Waals surface area (Å²) in [5.74, 6) is -0.198. The van der Waals surface area contributed by atoms with Gasteiger partial charge in [-0.15, -0.1) is 16.4 Å². The number of nitrogens with two attached hydrogens (primary N) is 1.